The molecule has 3 heterocycles. The quantitative estimate of drug-likeness (QED) is 0.616. The Morgan fingerprint density at radius 2 is 1.93 bits per heavy atom. The number of benzene rings is 2. The van der Waals surface area contributed by atoms with Gasteiger partial charge in [0.15, 0.2) is 0 Å². The smallest absolute Gasteiger partial charge is 0.119 e. The zero-order chi connectivity index (χ0) is 18.5. The predicted molar refractivity (Wildman–Crippen MR) is 111 cm³/mol. The summed E-state index contributed by atoms with van der Waals surface area (Å²) in [4.78, 5) is 2.59. The lowest BCUT2D eigenvalue weighted by molar-refractivity contribution is 0.222. The van der Waals surface area contributed by atoms with Gasteiger partial charge in [-0.1, -0.05) is 23.7 Å². The number of rotatable bonds is 4. The number of aryl methyl sites for hydroxylation is 2. The van der Waals surface area contributed by atoms with Crippen LogP contribution in [0.5, 0.6) is 5.75 Å². The SMILES string of the molecule is COc1ccc2c(c1)c1c(n2CCc2ccc(Cl)cc2)C[C@H]2CC[C@@H]1N2C. The van der Waals surface area contributed by atoms with Crippen LogP contribution in [-0.2, 0) is 19.4 Å². The number of halogens is 1. The molecule has 0 N–H and O–H groups in total. The molecule has 0 aliphatic carbocycles. The third-order valence-electron chi connectivity index (χ3n) is 6.56. The van der Waals surface area contributed by atoms with Crippen LogP contribution in [0.25, 0.3) is 10.9 Å². The molecular formula is C23H25ClN2O. The normalized spacial score (nSPS) is 21.6. The third-order valence-corrected chi connectivity index (χ3v) is 6.81. The van der Waals surface area contributed by atoms with Gasteiger partial charge in [0.2, 0.25) is 0 Å². The van der Waals surface area contributed by atoms with Crippen LogP contribution in [0.1, 0.15) is 35.7 Å². The molecule has 2 atom stereocenters. The Kier molecular flexibility index (Phi) is 4.18. The van der Waals surface area contributed by atoms with Crippen LogP contribution >= 0.6 is 11.6 Å². The Balaban J connectivity index is 1.59. The fourth-order valence-corrected chi connectivity index (χ4v) is 5.23. The van der Waals surface area contributed by atoms with E-state index in [-0.39, 0.29) is 0 Å². The van der Waals surface area contributed by atoms with Crippen molar-refractivity contribution in [3.05, 3.63) is 64.3 Å². The molecule has 1 saturated heterocycles. The Bertz CT molecular complexity index is 992. The fraction of sp³-hybridized carbons (Fsp3) is 0.391. The molecule has 2 aliphatic heterocycles. The summed E-state index contributed by atoms with van der Waals surface area (Å²) in [6, 6.07) is 16.0. The van der Waals surface area contributed by atoms with E-state index in [0.29, 0.717) is 12.1 Å². The number of likely N-dealkylation sites (N-methyl/N-ethyl adjacent to an activating group) is 1. The highest BCUT2D eigenvalue weighted by Gasteiger charge is 2.40. The van der Waals surface area contributed by atoms with E-state index >= 15 is 0 Å². The molecule has 2 bridgehead atoms. The largest absolute Gasteiger partial charge is 0.497 e. The molecule has 4 heteroatoms. The van der Waals surface area contributed by atoms with Gasteiger partial charge in [-0.2, -0.15) is 0 Å². The number of ether oxygens (including phenoxy) is 1. The minimum Gasteiger partial charge on any atom is -0.497 e. The molecule has 27 heavy (non-hydrogen) atoms. The molecule has 0 radical (unpaired) electrons. The number of nitrogens with zero attached hydrogens (tertiary/aromatic N) is 2. The van der Waals surface area contributed by atoms with E-state index < -0.39 is 0 Å². The molecule has 0 amide bonds. The van der Waals surface area contributed by atoms with Gasteiger partial charge in [0.1, 0.15) is 5.75 Å². The molecule has 0 unspecified atom stereocenters. The van der Waals surface area contributed by atoms with E-state index in [4.69, 9.17) is 16.3 Å². The van der Waals surface area contributed by atoms with Gasteiger partial charge in [0, 0.05) is 46.7 Å². The van der Waals surface area contributed by atoms with Crippen molar-refractivity contribution in [2.24, 2.45) is 0 Å². The molecule has 2 aliphatic rings. The maximum absolute atomic E-state index is 6.04. The highest BCUT2D eigenvalue weighted by Crippen LogP contribution is 2.47. The van der Waals surface area contributed by atoms with E-state index in [1.807, 2.05) is 12.1 Å². The van der Waals surface area contributed by atoms with Gasteiger partial charge in [0.05, 0.1) is 7.11 Å². The topological polar surface area (TPSA) is 17.4 Å². The first-order valence-corrected chi connectivity index (χ1v) is 10.2. The van der Waals surface area contributed by atoms with Crippen molar-refractivity contribution in [2.75, 3.05) is 14.2 Å². The maximum atomic E-state index is 6.04. The molecule has 5 rings (SSSR count). The minimum atomic E-state index is 0.546. The Hall–Kier alpha value is -1.97. The molecule has 2 aromatic carbocycles. The maximum Gasteiger partial charge on any atom is 0.119 e. The average molecular weight is 381 g/mol. The van der Waals surface area contributed by atoms with Crippen molar-refractivity contribution in [2.45, 2.75) is 44.3 Å². The van der Waals surface area contributed by atoms with Gasteiger partial charge in [-0.3, -0.25) is 4.90 Å². The van der Waals surface area contributed by atoms with E-state index in [2.05, 4.69) is 46.8 Å². The monoisotopic (exact) mass is 380 g/mol. The van der Waals surface area contributed by atoms with Crippen molar-refractivity contribution < 1.29 is 4.74 Å². The fourth-order valence-electron chi connectivity index (χ4n) is 5.11. The highest BCUT2D eigenvalue weighted by atomic mass is 35.5. The van der Waals surface area contributed by atoms with Crippen LogP contribution in [-0.4, -0.2) is 29.7 Å². The van der Waals surface area contributed by atoms with Crippen molar-refractivity contribution in [3.8, 4) is 5.75 Å². The lowest BCUT2D eigenvalue weighted by Gasteiger charge is -2.32. The molecule has 3 aromatic rings. The highest BCUT2D eigenvalue weighted by molar-refractivity contribution is 6.30. The number of aromatic nitrogens is 1. The van der Waals surface area contributed by atoms with E-state index in [1.165, 1.54) is 40.6 Å². The minimum absolute atomic E-state index is 0.546. The van der Waals surface area contributed by atoms with Gasteiger partial charge in [-0.05, 0) is 67.8 Å². The molecule has 3 nitrogen and oxygen atoms in total. The molecule has 140 valence electrons. The predicted octanol–water partition coefficient (Wildman–Crippen LogP) is 5.24. The number of fused-ring (bicyclic) bond motifs is 6. The summed E-state index contributed by atoms with van der Waals surface area (Å²) in [7, 11) is 4.05. The number of hydrogen-bond donors (Lipinski definition) is 0. The van der Waals surface area contributed by atoms with Crippen molar-refractivity contribution in [1.82, 2.24) is 9.47 Å². The molecule has 1 fully saturated rings. The molecule has 0 spiro atoms. The van der Waals surface area contributed by atoms with Crippen molar-refractivity contribution >= 4 is 22.5 Å². The zero-order valence-electron chi connectivity index (χ0n) is 15.9. The van der Waals surface area contributed by atoms with Crippen LogP contribution in [0.4, 0.5) is 0 Å². The summed E-state index contributed by atoms with van der Waals surface area (Å²) in [6.45, 7) is 1.00. The van der Waals surface area contributed by atoms with E-state index in [1.54, 1.807) is 7.11 Å². The van der Waals surface area contributed by atoms with Crippen LogP contribution in [0.2, 0.25) is 5.02 Å². The summed E-state index contributed by atoms with van der Waals surface area (Å²) in [5.41, 5.74) is 5.75. The summed E-state index contributed by atoms with van der Waals surface area (Å²) >= 11 is 6.04. The lowest BCUT2D eigenvalue weighted by Crippen LogP contribution is -2.34. The molecule has 1 aromatic heterocycles. The van der Waals surface area contributed by atoms with Crippen LogP contribution in [0.3, 0.4) is 0 Å². The van der Waals surface area contributed by atoms with Crippen molar-refractivity contribution in [1.29, 1.82) is 0 Å². The first-order chi connectivity index (χ1) is 13.2. The first-order valence-electron chi connectivity index (χ1n) is 9.81. The van der Waals surface area contributed by atoms with Crippen LogP contribution in [0, 0.1) is 0 Å². The zero-order valence-corrected chi connectivity index (χ0v) is 16.7. The Morgan fingerprint density at radius 1 is 1.11 bits per heavy atom. The van der Waals surface area contributed by atoms with Crippen molar-refractivity contribution in [3.63, 3.8) is 0 Å². The second-order valence-electron chi connectivity index (χ2n) is 7.89. The summed E-state index contributed by atoms with van der Waals surface area (Å²) < 4.78 is 8.10. The van der Waals surface area contributed by atoms with Gasteiger partial charge >= 0.3 is 0 Å². The van der Waals surface area contributed by atoms with Gasteiger partial charge in [-0.15, -0.1) is 0 Å². The van der Waals surface area contributed by atoms with Crippen LogP contribution < -0.4 is 4.74 Å². The second-order valence-corrected chi connectivity index (χ2v) is 8.32. The molecule has 0 saturated carbocycles. The number of hydrogen-bond acceptors (Lipinski definition) is 2. The lowest BCUT2D eigenvalue weighted by atomic mass is 9.97. The summed E-state index contributed by atoms with van der Waals surface area (Å²) in [5, 5.41) is 2.17. The Labute approximate surface area is 165 Å². The summed E-state index contributed by atoms with van der Waals surface area (Å²) in [6.07, 6.45) is 4.74. The Morgan fingerprint density at radius 3 is 2.70 bits per heavy atom. The molecular weight excluding hydrogens is 356 g/mol. The standard InChI is InChI=1S/C23H25ClN2O/c1-25-17-7-9-21(25)23-19-14-18(27-2)8-10-20(19)26(22(23)13-17)12-11-15-3-5-16(24)6-4-15/h3-6,8,10,14,17,21H,7,9,11-13H2,1-2H3/t17-,21+/m1/s1. The van der Waals surface area contributed by atoms with Gasteiger partial charge in [0.25, 0.3) is 0 Å². The summed E-state index contributed by atoms with van der Waals surface area (Å²) in [5.74, 6) is 0.947. The van der Waals surface area contributed by atoms with E-state index in [0.717, 1.165) is 30.2 Å². The van der Waals surface area contributed by atoms with Crippen LogP contribution in [0.15, 0.2) is 42.5 Å². The average Bonchev–Trinajstić information content (AvgIpc) is 3.10. The third kappa shape index (κ3) is 2.76. The van der Waals surface area contributed by atoms with Gasteiger partial charge in [-0.25, -0.2) is 0 Å². The van der Waals surface area contributed by atoms with Gasteiger partial charge < -0.3 is 9.30 Å². The number of methoxy groups -OCH3 is 1. The van der Waals surface area contributed by atoms with E-state index in [9.17, 15) is 0 Å². The first kappa shape index (κ1) is 17.2. The second kappa shape index (κ2) is 6.57.